The highest BCUT2D eigenvalue weighted by Crippen LogP contribution is 2.46. The van der Waals surface area contributed by atoms with Crippen molar-refractivity contribution in [3.63, 3.8) is 0 Å². The fraction of sp³-hybridized carbons (Fsp3) is 0.400. The number of nitrogens with one attached hydrogen (secondary N) is 1. The van der Waals surface area contributed by atoms with Crippen molar-refractivity contribution in [3.05, 3.63) is 92.9 Å². The van der Waals surface area contributed by atoms with Crippen LogP contribution in [0.15, 0.2) is 46.9 Å². The third-order valence-electron chi connectivity index (χ3n) is 7.52. The van der Waals surface area contributed by atoms with Gasteiger partial charge < -0.3 is 9.73 Å². The third-order valence-corrected chi connectivity index (χ3v) is 7.52. The number of hydrogen-bond acceptors (Lipinski definition) is 3. The van der Waals surface area contributed by atoms with Crippen molar-refractivity contribution in [1.82, 2.24) is 5.32 Å². The van der Waals surface area contributed by atoms with Gasteiger partial charge in [0.1, 0.15) is 0 Å². The molecule has 0 aliphatic heterocycles. The van der Waals surface area contributed by atoms with Crippen LogP contribution < -0.4 is 5.32 Å². The molecule has 2 aromatic carbocycles. The van der Waals surface area contributed by atoms with E-state index < -0.39 is 0 Å². The number of carbonyl (C=O) groups excluding carboxylic acids is 2. The van der Waals surface area contributed by atoms with Crippen LogP contribution in [0.5, 0.6) is 0 Å². The number of rotatable bonds is 5. The minimum Gasteiger partial charge on any atom is -0.447 e. The first-order chi connectivity index (χ1) is 15.9. The van der Waals surface area contributed by atoms with Gasteiger partial charge >= 0.3 is 0 Å². The molecule has 0 radical (unpaired) electrons. The Labute approximate surface area is 202 Å². The SMILES string of the molecule is Cc1ccc(CNC(=O)c2ccc(C(=O)c3cc4c(cc3C)C(C)(C)CCC4(C)C)o2)cc1C. The van der Waals surface area contributed by atoms with Crippen LogP contribution in [-0.4, -0.2) is 11.7 Å². The van der Waals surface area contributed by atoms with Crippen molar-refractivity contribution in [1.29, 1.82) is 0 Å². The van der Waals surface area contributed by atoms with Crippen LogP contribution >= 0.6 is 0 Å². The maximum absolute atomic E-state index is 13.4. The van der Waals surface area contributed by atoms with Gasteiger partial charge in [-0.3, -0.25) is 9.59 Å². The quantitative estimate of drug-likeness (QED) is 0.433. The van der Waals surface area contributed by atoms with Crippen LogP contribution in [-0.2, 0) is 17.4 Å². The number of furan rings is 1. The Bertz CT molecular complexity index is 1280. The van der Waals surface area contributed by atoms with Gasteiger partial charge in [-0.05, 0) is 96.0 Å². The van der Waals surface area contributed by atoms with Gasteiger partial charge in [-0.2, -0.15) is 0 Å². The number of amides is 1. The van der Waals surface area contributed by atoms with Crippen molar-refractivity contribution in [2.75, 3.05) is 0 Å². The Balaban J connectivity index is 1.55. The van der Waals surface area contributed by atoms with E-state index in [1.165, 1.54) is 22.3 Å². The summed E-state index contributed by atoms with van der Waals surface area (Å²) in [6.45, 7) is 15.5. The summed E-state index contributed by atoms with van der Waals surface area (Å²) in [4.78, 5) is 26.0. The Morgan fingerprint density at radius 1 is 0.794 bits per heavy atom. The third kappa shape index (κ3) is 4.46. The fourth-order valence-corrected chi connectivity index (χ4v) is 4.86. The summed E-state index contributed by atoms with van der Waals surface area (Å²) in [5.74, 6) is -0.188. The Morgan fingerprint density at radius 3 is 2.06 bits per heavy atom. The van der Waals surface area contributed by atoms with E-state index in [4.69, 9.17) is 4.42 Å². The molecule has 1 aliphatic rings. The van der Waals surface area contributed by atoms with Gasteiger partial charge in [-0.15, -0.1) is 0 Å². The molecule has 0 spiro atoms. The number of fused-ring (bicyclic) bond motifs is 1. The molecule has 1 aromatic heterocycles. The molecule has 0 fully saturated rings. The summed E-state index contributed by atoms with van der Waals surface area (Å²) >= 11 is 0. The average Bonchev–Trinajstić information content (AvgIpc) is 3.27. The van der Waals surface area contributed by atoms with Gasteiger partial charge in [0.15, 0.2) is 11.5 Å². The van der Waals surface area contributed by atoms with Gasteiger partial charge in [0.05, 0.1) is 0 Å². The molecule has 1 N–H and O–H groups in total. The van der Waals surface area contributed by atoms with Crippen molar-refractivity contribution in [2.45, 2.75) is 78.7 Å². The fourth-order valence-electron chi connectivity index (χ4n) is 4.86. The molecule has 1 aliphatic carbocycles. The normalized spacial score (nSPS) is 16.1. The molecule has 34 heavy (non-hydrogen) atoms. The Morgan fingerprint density at radius 2 is 1.41 bits per heavy atom. The second-order valence-corrected chi connectivity index (χ2v) is 11.1. The Kier molecular flexibility index (Phi) is 6.05. The molecular formula is C30H35NO3. The maximum Gasteiger partial charge on any atom is 0.287 e. The zero-order valence-electron chi connectivity index (χ0n) is 21.4. The van der Waals surface area contributed by atoms with Crippen LogP contribution in [0.2, 0.25) is 0 Å². The van der Waals surface area contributed by atoms with E-state index in [-0.39, 0.29) is 34.0 Å². The van der Waals surface area contributed by atoms with E-state index in [1.54, 1.807) is 12.1 Å². The van der Waals surface area contributed by atoms with Crippen molar-refractivity contribution in [2.24, 2.45) is 0 Å². The molecule has 1 amide bonds. The van der Waals surface area contributed by atoms with Crippen molar-refractivity contribution >= 4 is 11.7 Å². The van der Waals surface area contributed by atoms with E-state index in [1.807, 2.05) is 19.1 Å². The van der Waals surface area contributed by atoms with Crippen LogP contribution in [0.25, 0.3) is 0 Å². The van der Waals surface area contributed by atoms with Crippen LogP contribution in [0.4, 0.5) is 0 Å². The predicted octanol–water partition coefficient (Wildman–Crippen LogP) is 6.71. The summed E-state index contributed by atoms with van der Waals surface area (Å²) in [5, 5.41) is 2.88. The average molecular weight is 458 g/mol. The maximum atomic E-state index is 13.4. The zero-order valence-corrected chi connectivity index (χ0v) is 21.4. The van der Waals surface area contributed by atoms with Crippen LogP contribution in [0, 0.1) is 20.8 Å². The molecule has 3 aromatic rings. The Hall–Kier alpha value is -3.14. The molecule has 4 rings (SSSR count). The minimum absolute atomic E-state index is 0.0100. The lowest BCUT2D eigenvalue weighted by Gasteiger charge is -2.42. The van der Waals surface area contributed by atoms with Crippen molar-refractivity contribution < 1.29 is 14.0 Å². The van der Waals surface area contributed by atoms with E-state index in [2.05, 4.69) is 65.1 Å². The highest BCUT2D eigenvalue weighted by molar-refractivity contribution is 6.09. The number of aryl methyl sites for hydroxylation is 3. The number of ketones is 1. The lowest BCUT2D eigenvalue weighted by molar-refractivity contribution is 0.0917. The highest BCUT2D eigenvalue weighted by atomic mass is 16.4. The molecule has 0 atom stereocenters. The monoisotopic (exact) mass is 457 g/mol. The number of hydrogen-bond donors (Lipinski definition) is 1. The summed E-state index contributed by atoms with van der Waals surface area (Å²) in [5.41, 5.74) is 7.65. The van der Waals surface area contributed by atoms with Crippen molar-refractivity contribution in [3.8, 4) is 0 Å². The molecule has 0 saturated carbocycles. The lowest BCUT2D eigenvalue weighted by Crippen LogP contribution is -2.34. The lowest BCUT2D eigenvalue weighted by atomic mass is 9.62. The van der Waals surface area contributed by atoms with E-state index in [0.29, 0.717) is 12.1 Å². The molecule has 1 heterocycles. The highest BCUT2D eigenvalue weighted by Gasteiger charge is 2.38. The minimum atomic E-state index is -0.331. The smallest absolute Gasteiger partial charge is 0.287 e. The van der Waals surface area contributed by atoms with Crippen LogP contribution in [0.1, 0.15) is 101 Å². The molecule has 0 bridgehead atoms. The summed E-state index contributed by atoms with van der Waals surface area (Å²) in [7, 11) is 0. The molecule has 4 heteroatoms. The van der Waals surface area contributed by atoms with E-state index in [0.717, 1.165) is 24.0 Å². The van der Waals surface area contributed by atoms with Gasteiger partial charge in [0.25, 0.3) is 5.91 Å². The molecule has 4 nitrogen and oxygen atoms in total. The first-order valence-electron chi connectivity index (χ1n) is 12.0. The van der Waals surface area contributed by atoms with Crippen LogP contribution in [0.3, 0.4) is 0 Å². The zero-order chi connectivity index (χ0) is 24.8. The molecular weight excluding hydrogens is 422 g/mol. The summed E-state index contributed by atoms with van der Waals surface area (Å²) in [6, 6.07) is 13.5. The van der Waals surface area contributed by atoms with E-state index in [9.17, 15) is 9.59 Å². The van der Waals surface area contributed by atoms with E-state index >= 15 is 0 Å². The first kappa shape index (κ1) is 24.0. The predicted molar refractivity (Wildman–Crippen MR) is 136 cm³/mol. The number of carbonyl (C=O) groups is 2. The summed E-state index contributed by atoms with van der Waals surface area (Å²) in [6.07, 6.45) is 2.20. The first-order valence-corrected chi connectivity index (χ1v) is 12.0. The van der Waals surface area contributed by atoms with Gasteiger partial charge in [-0.1, -0.05) is 52.0 Å². The van der Waals surface area contributed by atoms with Gasteiger partial charge in [0.2, 0.25) is 5.78 Å². The second-order valence-electron chi connectivity index (χ2n) is 11.1. The molecule has 0 unspecified atom stereocenters. The topological polar surface area (TPSA) is 59.3 Å². The standard InChI is InChI=1S/C30H35NO3/c1-18-8-9-21(14-19(18)2)17-31-28(33)26-11-10-25(34-26)27(32)22-16-24-23(15-20(22)3)29(4,5)12-13-30(24,6)7/h8-11,14-16H,12-13,17H2,1-7H3,(H,31,33). The second kappa shape index (κ2) is 8.57. The largest absolute Gasteiger partial charge is 0.447 e. The number of benzene rings is 2. The van der Waals surface area contributed by atoms with Gasteiger partial charge in [-0.25, -0.2) is 0 Å². The molecule has 0 saturated heterocycles. The molecule has 178 valence electrons. The van der Waals surface area contributed by atoms with Gasteiger partial charge in [0, 0.05) is 12.1 Å². The summed E-state index contributed by atoms with van der Waals surface area (Å²) < 4.78 is 5.72.